The number of halogens is 1. The van der Waals surface area contributed by atoms with Crippen molar-refractivity contribution in [2.45, 2.75) is 23.8 Å². The van der Waals surface area contributed by atoms with Crippen LogP contribution in [0.15, 0.2) is 29.2 Å². The molecule has 1 aromatic rings. The fourth-order valence-corrected chi connectivity index (χ4v) is 2.62. The van der Waals surface area contributed by atoms with Gasteiger partial charge in [-0.05, 0) is 31.2 Å². The summed E-state index contributed by atoms with van der Waals surface area (Å²) in [6.07, 6.45) is -0.559. The molecule has 0 aliphatic carbocycles. The summed E-state index contributed by atoms with van der Waals surface area (Å²) in [5.41, 5.74) is -1.66. The molecule has 8 heteroatoms. The van der Waals surface area contributed by atoms with E-state index in [-0.39, 0.29) is 4.90 Å². The van der Waals surface area contributed by atoms with E-state index in [1.165, 1.54) is 31.2 Å². The molecule has 0 fully saturated rings. The van der Waals surface area contributed by atoms with Crippen molar-refractivity contribution >= 4 is 27.6 Å². The second kappa shape index (κ2) is 5.87. The normalized spacial score (nSPS) is 14.9. The first-order valence-corrected chi connectivity index (χ1v) is 7.18. The number of carboxylic acids is 1. The van der Waals surface area contributed by atoms with Crippen molar-refractivity contribution in [2.75, 3.05) is 6.54 Å². The van der Waals surface area contributed by atoms with Gasteiger partial charge in [-0.1, -0.05) is 11.6 Å². The molecule has 106 valence electrons. The first-order valence-electron chi connectivity index (χ1n) is 5.32. The molecule has 0 saturated heterocycles. The lowest BCUT2D eigenvalue weighted by Gasteiger charge is -2.21. The number of hydrogen-bond donors (Lipinski definition) is 3. The number of rotatable bonds is 6. The fraction of sp³-hybridized carbons (Fsp3) is 0.364. The van der Waals surface area contributed by atoms with Crippen molar-refractivity contribution in [1.29, 1.82) is 0 Å². The lowest BCUT2D eigenvalue weighted by molar-refractivity contribution is -0.141. The predicted octanol–water partition coefficient (Wildman–Crippen LogP) is 0.844. The summed E-state index contributed by atoms with van der Waals surface area (Å²) in [7, 11) is -3.81. The van der Waals surface area contributed by atoms with Crippen LogP contribution < -0.4 is 4.72 Å². The van der Waals surface area contributed by atoms with Crippen LogP contribution in [-0.2, 0) is 14.8 Å². The molecule has 1 rings (SSSR count). The van der Waals surface area contributed by atoms with Gasteiger partial charge in [0.05, 0.1) is 16.9 Å². The molecule has 0 spiro atoms. The monoisotopic (exact) mass is 307 g/mol. The Bertz CT molecular complexity index is 553. The Hall–Kier alpha value is -1.15. The van der Waals surface area contributed by atoms with E-state index in [1.54, 1.807) is 0 Å². The topological polar surface area (TPSA) is 104 Å². The van der Waals surface area contributed by atoms with Crippen LogP contribution in [0.2, 0.25) is 5.02 Å². The Morgan fingerprint density at radius 2 is 1.89 bits per heavy atom. The summed E-state index contributed by atoms with van der Waals surface area (Å²) < 4.78 is 25.9. The first-order chi connectivity index (χ1) is 8.62. The number of aliphatic carboxylic acids is 1. The third kappa shape index (κ3) is 5.15. The standard InChI is InChI=1S/C11H14ClNO5S/c1-11(16,6-10(14)15)7-13-19(17,18)9-4-2-8(12)3-5-9/h2-5,13,16H,6-7H2,1H3,(H,14,15). The van der Waals surface area contributed by atoms with E-state index in [2.05, 4.69) is 4.72 Å². The molecule has 1 atom stereocenters. The molecule has 0 amide bonds. The van der Waals surface area contributed by atoms with Crippen molar-refractivity contribution in [2.24, 2.45) is 0 Å². The van der Waals surface area contributed by atoms with Gasteiger partial charge in [-0.25, -0.2) is 13.1 Å². The Balaban J connectivity index is 2.76. The first kappa shape index (κ1) is 15.9. The van der Waals surface area contributed by atoms with Crippen molar-refractivity contribution in [3.05, 3.63) is 29.3 Å². The van der Waals surface area contributed by atoms with E-state index < -0.39 is 34.6 Å². The molecule has 0 saturated carbocycles. The van der Waals surface area contributed by atoms with E-state index in [0.717, 1.165) is 0 Å². The van der Waals surface area contributed by atoms with Crippen LogP contribution in [0.1, 0.15) is 13.3 Å². The smallest absolute Gasteiger partial charge is 0.306 e. The fourth-order valence-electron chi connectivity index (χ4n) is 1.34. The Morgan fingerprint density at radius 3 is 2.37 bits per heavy atom. The van der Waals surface area contributed by atoms with E-state index in [4.69, 9.17) is 16.7 Å². The summed E-state index contributed by atoms with van der Waals surface area (Å²) >= 11 is 5.65. The number of carbonyl (C=O) groups is 1. The van der Waals surface area contributed by atoms with Crippen molar-refractivity contribution < 1.29 is 23.4 Å². The number of hydrogen-bond acceptors (Lipinski definition) is 4. The number of sulfonamides is 1. The number of carboxylic acid groups (broad SMARTS) is 1. The molecule has 0 aliphatic rings. The van der Waals surface area contributed by atoms with Crippen LogP contribution in [0.4, 0.5) is 0 Å². The second-order valence-electron chi connectivity index (χ2n) is 4.35. The van der Waals surface area contributed by atoms with Crippen LogP contribution in [0.3, 0.4) is 0 Å². The molecule has 0 aliphatic heterocycles. The molecule has 0 aromatic heterocycles. The third-order valence-electron chi connectivity index (χ3n) is 2.30. The molecule has 1 unspecified atom stereocenters. The number of nitrogens with one attached hydrogen (secondary N) is 1. The number of aliphatic hydroxyl groups is 1. The molecule has 1 aromatic carbocycles. The molecule has 6 nitrogen and oxygen atoms in total. The minimum Gasteiger partial charge on any atom is -0.481 e. The highest BCUT2D eigenvalue weighted by molar-refractivity contribution is 7.89. The molecule has 0 bridgehead atoms. The Labute approximate surface area is 116 Å². The van der Waals surface area contributed by atoms with Crippen molar-refractivity contribution in [3.63, 3.8) is 0 Å². The molecule has 0 radical (unpaired) electrons. The summed E-state index contributed by atoms with van der Waals surface area (Å²) in [6.45, 7) is 0.843. The number of benzene rings is 1. The van der Waals surface area contributed by atoms with Gasteiger partial charge < -0.3 is 10.2 Å². The van der Waals surface area contributed by atoms with E-state index >= 15 is 0 Å². The average molecular weight is 308 g/mol. The predicted molar refractivity (Wildman–Crippen MR) is 69.5 cm³/mol. The van der Waals surface area contributed by atoms with Gasteiger partial charge >= 0.3 is 5.97 Å². The van der Waals surface area contributed by atoms with Crippen LogP contribution >= 0.6 is 11.6 Å². The Kier molecular flexibility index (Phi) is 4.92. The van der Waals surface area contributed by atoms with Gasteiger partial charge in [0.1, 0.15) is 0 Å². The van der Waals surface area contributed by atoms with Gasteiger partial charge in [0, 0.05) is 11.6 Å². The molecule has 3 N–H and O–H groups in total. The van der Waals surface area contributed by atoms with Crippen molar-refractivity contribution in [3.8, 4) is 0 Å². The summed E-state index contributed by atoms with van der Waals surface area (Å²) in [4.78, 5) is 10.5. The van der Waals surface area contributed by atoms with Crippen LogP contribution in [0.5, 0.6) is 0 Å². The van der Waals surface area contributed by atoms with E-state index in [1.807, 2.05) is 0 Å². The zero-order valence-electron chi connectivity index (χ0n) is 10.1. The second-order valence-corrected chi connectivity index (χ2v) is 6.55. The summed E-state index contributed by atoms with van der Waals surface area (Å²) in [6, 6.07) is 5.48. The highest BCUT2D eigenvalue weighted by Gasteiger charge is 2.26. The largest absolute Gasteiger partial charge is 0.481 e. The highest BCUT2D eigenvalue weighted by Crippen LogP contribution is 2.15. The van der Waals surface area contributed by atoms with Crippen LogP contribution in [0, 0.1) is 0 Å². The molecule has 0 heterocycles. The zero-order chi connectivity index (χ0) is 14.7. The van der Waals surface area contributed by atoms with Gasteiger partial charge in [-0.2, -0.15) is 0 Å². The SMILES string of the molecule is CC(O)(CNS(=O)(=O)c1ccc(Cl)cc1)CC(=O)O. The zero-order valence-corrected chi connectivity index (χ0v) is 11.7. The maximum atomic E-state index is 11.9. The van der Waals surface area contributed by atoms with Gasteiger partial charge in [-0.3, -0.25) is 4.79 Å². The quantitative estimate of drug-likeness (QED) is 0.722. The molecular formula is C11H14ClNO5S. The minimum atomic E-state index is -3.81. The van der Waals surface area contributed by atoms with Crippen molar-refractivity contribution in [1.82, 2.24) is 4.72 Å². The maximum Gasteiger partial charge on any atom is 0.306 e. The minimum absolute atomic E-state index is 0.0111. The summed E-state index contributed by atoms with van der Waals surface area (Å²) in [5.74, 6) is -1.21. The van der Waals surface area contributed by atoms with Gasteiger partial charge in [0.2, 0.25) is 10.0 Å². The third-order valence-corrected chi connectivity index (χ3v) is 3.97. The summed E-state index contributed by atoms with van der Waals surface area (Å²) in [5, 5.41) is 18.7. The highest BCUT2D eigenvalue weighted by atomic mass is 35.5. The van der Waals surface area contributed by atoms with Crippen LogP contribution in [-0.4, -0.2) is 36.7 Å². The van der Waals surface area contributed by atoms with Crippen LogP contribution in [0.25, 0.3) is 0 Å². The van der Waals surface area contributed by atoms with E-state index in [9.17, 15) is 18.3 Å². The van der Waals surface area contributed by atoms with Gasteiger partial charge in [0.25, 0.3) is 0 Å². The van der Waals surface area contributed by atoms with Gasteiger partial charge in [0.15, 0.2) is 0 Å². The lowest BCUT2D eigenvalue weighted by atomic mass is 10.0. The average Bonchev–Trinajstić information content (AvgIpc) is 2.26. The maximum absolute atomic E-state index is 11.9. The Morgan fingerprint density at radius 1 is 1.37 bits per heavy atom. The van der Waals surface area contributed by atoms with E-state index in [0.29, 0.717) is 5.02 Å². The molecule has 19 heavy (non-hydrogen) atoms. The molecular weight excluding hydrogens is 294 g/mol. The van der Waals surface area contributed by atoms with Gasteiger partial charge in [-0.15, -0.1) is 0 Å². The lowest BCUT2D eigenvalue weighted by Crippen LogP contribution is -2.42.